The summed E-state index contributed by atoms with van der Waals surface area (Å²) in [6.07, 6.45) is 19.3. The van der Waals surface area contributed by atoms with Crippen molar-refractivity contribution in [1.29, 1.82) is 0 Å². The van der Waals surface area contributed by atoms with Crippen LogP contribution in [0.3, 0.4) is 0 Å². The first kappa shape index (κ1) is 17.7. The molecule has 1 nitrogen and oxygen atoms in total. The van der Waals surface area contributed by atoms with Gasteiger partial charge in [0, 0.05) is 5.41 Å². The average Bonchev–Trinajstić information content (AvgIpc) is 3.28. The molecule has 0 spiro atoms. The lowest BCUT2D eigenvalue weighted by molar-refractivity contribution is 0.00888. The average molecular weight is 363 g/mol. The second-order valence-corrected chi connectivity index (χ2v) is 10.3. The highest BCUT2D eigenvalue weighted by atomic mass is 16.5. The van der Waals surface area contributed by atoms with Crippen molar-refractivity contribution < 1.29 is 4.74 Å². The Bertz CT molecular complexity index is 767. The van der Waals surface area contributed by atoms with Crippen molar-refractivity contribution >= 4 is 0 Å². The van der Waals surface area contributed by atoms with E-state index in [4.69, 9.17) is 11.2 Å². The number of hydrogen-bond donors (Lipinski definition) is 0. The topological polar surface area (TPSA) is 9.23 Å². The summed E-state index contributed by atoms with van der Waals surface area (Å²) in [7, 11) is 0. The Balaban J connectivity index is 1.40. The fourth-order valence-electron chi connectivity index (χ4n) is 7.34. The van der Waals surface area contributed by atoms with Gasteiger partial charge in [0.1, 0.15) is 5.75 Å². The molecule has 4 aliphatic rings. The molecule has 5 rings (SSSR count). The van der Waals surface area contributed by atoms with E-state index in [0.717, 1.165) is 23.5 Å². The lowest BCUT2D eigenvalue weighted by Gasteiger charge is -2.53. The Kier molecular flexibility index (Phi) is 4.12. The molecule has 4 aliphatic carbocycles. The van der Waals surface area contributed by atoms with E-state index in [2.05, 4.69) is 38.0 Å². The summed E-state index contributed by atoms with van der Waals surface area (Å²) < 4.78 is 6.28. The van der Waals surface area contributed by atoms with Gasteiger partial charge in [0.05, 0.1) is 6.10 Å². The zero-order chi connectivity index (χ0) is 18.6. The van der Waals surface area contributed by atoms with Crippen LogP contribution in [0.1, 0.15) is 88.7 Å². The standard InChI is InChI=1S/C26H34O/c1-4-25(2)15-14-24-23-11-9-18-17-20(27-19-7-5-6-8-19)10-12-21(18)22(23)13-16-26(24,25)3/h1,10,12,17,19,22-24H,5-9,11,13-16H2,2-3H3/t22-,23-,24+,25+,26+/m1/s1. The molecule has 1 heteroatoms. The number of terminal acetylenes is 1. The molecule has 3 saturated carbocycles. The summed E-state index contributed by atoms with van der Waals surface area (Å²) in [5, 5.41) is 0. The number of hydrogen-bond acceptors (Lipinski definition) is 1. The fourth-order valence-corrected chi connectivity index (χ4v) is 7.34. The Morgan fingerprint density at radius 1 is 1.04 bits per heavy atom. The van der Waals surface area contributed by atoms with Crippen molar-refractivity contribution in [2.24, 2.45) is 22.7 Å². The maximum Gasteiger partial charge on any atom is 0.120 e. The minimum absolute atomic E-state index is 0.0991. The molecule has 144 valence electrons. The van der Waals surface area contributed by atoms with Gasteiger partial charge < -0.3 is 4.74 Å². The maximum atomic E-state index is 6.28. The van der Waals surface area contributed by atoms with Gasteiger partial charge in [-0.15, -0.1) is 6.42 Å². The first-order valence-electron chi connectivity index (χ1n) is 11.3. The molecule has 0 saturated heterocycles. The van der Waals surface area contributed by atoms with Gasteiger partial charge in [0.25, 0.3) is 0 Å². The van der Waals surface area contributed by atoms with Crippen LogP contribution in [0, 0.1) is 35.0 Å². The van der Waals surface area contributed by atoms with Crippen molar-refractivity contribution in [3.8, 4) is 18.1 Å². The monoisotopic (exact) mass is 362 g/mol. The van der Waals surface area contributed by atoms with Crippen LogP contribution in [0.5, 0.6) is 5.75 Å². The molecular weight excluding hydrogens is 328 g/mol. The maximum absolute atomic E-state index is 6.28. The van der Waals surface area contributed by atoms with E-state index < -0.39 is 0 Å². The van der Waals surface area contributed by atoms with Crippen LogP contribution in [0.2, 0.25) is 0 Å². The molecule has 0 unspecified atom stereocenters. The lowest BCUT2D eigenvalue weighted by atomic mass is 9.51. The molecule has 0 heterocycles. The quantitative estimate of drug-likeness (QED) is 0.545. The minimum Gasteiger partial charge on any atom is -0.490 e. The summed E-state index contributed by atoms with van der Waals surface area (Å²) in [6, 6.07) is 7.04. The van der Waals surface area contributed by atoms with Gasteiger partial charge in [0.15, 0.2) is 0 Å². The predicted molar refractivity (Wildman–Crippen MR) is 111 cm³/mol. The Labute approximate surface area is 165 Å². The van der Waals surface area contributed by atoms with Crippen molar-refractivity contribution in [2.75, 3.05) is 0 Å². The molecule has 5 atom stereocenters. The predicted octanol–water partition coefficient (Wildman–Crippen LogP) is 6.50. The molecule has 0 aliphatic heterocycles. The second-order valence-electron chi connectivity index (χ2n) is 10.3. The summed E-state index contributed by atoms with van der Waals surface area (Å²) in [5.74, 6) is 6.71. The van der Waals surface area contributed by atoms with Gasteiger partial charge in [-0.3, -0.25) is 0 Å². The zero-order valence-electron chi connectivity index (χ0n) is 17.1. The van der Waals surface area contributed by atoms with Gasteiger partial charge in [-0.2, -0.15) is 0 Å². The normalized spacial score (nSPS) is 40.7. The first-order chi connectivity index (χ1) is 13.0. The molecule has 0 amide bonds. The van der Waals surface area contributed by atoms with E-state index in [-0.39, 0.29) is 5.41 Å². The highest BCUT2D eigenvalue weighted by Crippen LogP contribution is 2.67. The van der Waals surface area contributed by atoms with Gasteiger partial charge in [-0.1, -0.05) is 18.9 Å². The molecule has 1 aromatic carbocycles. The van der Waals surface area contributed by atoms with Gasteiger partial charge in [-0.05, 0) is 118 Å². The Hall–Kier alpha value is -1.42. The molecule has 0 N–H and O–H groups in total. The fraction of sp³-hybridized carbons (Fsp3) is 0.692. The van der Waals surface area contributed by atoms with Crippen LogP contribution in [-0.4, -0.2) is 6.10 Å². The third-order valence-electron chi connectivity index (χ3n) is 9.23. The van der Waals surface area contributed by atoms with Crippen molar-refractivity contribution in [3.63, 3.8) is 0 Å². The highest BCUT2D eigenvalue weighted by molar-refractivity contribution is 5.41. The van der Waals surface area contributed by atoms with Gasteiger partial charge in [-0.25, -0.2) is 0 Å². The van der Waals surface area contributed by atoms with Crippen LogP contribution in [0.25, 0.3) is 0 Å². The van der Waals surface area contributed by atoms with Crippen molar-refractivity contribution in [3.05, 3.63) is 29.3 Å². The highest BCUT2D eigenvalue weighted by Gasteiger charge is 2.59. The number of rotatable bonds is 2. The Morgan fingerprint density at radius 2 is 1.85 bits per heavy atom. The summed E-state index contributed by atoms with van der Waals surface area (Å²) in [5.41, 5.74) is 3.63. The smallest absolute Gasteiger partial charge is 0.120 e. The first-order valence-corrected chi connectivity index (χ1v) is 11.3. The molecule has 0 bridgehead atoms. The zero-order valence-corrected chi connectivity index (χ0v) is 17.1. The van der Waals surface area contributed by atoms with E-state index in [0.29, 0.717) is 11.5 Å². The molecule has 0 radical (unpaired) electrons. The lowest BCUT2D eigenvalue weighted by Crippen LogP contribution is -2.45. The molecule has 27 heavy (non-hydrogen) atoms. The number of aryl methyl sites for hydroxylation is 1. The third-order valence-corrected chi connectivity index (χ3v) is 9.23. The van der Waals surface area contributed by atoms with Crippen LogP contribution in [0.4, 0.5) is 0 Å². The summed E-state index contributed by atoms with van der Waals surface area (Å²) >= 11 is 0. The second kappa shape index (κ2) is 6.30. The molecule has 3 fully saturated rings. The van der Waals surface area contributed by atoms with Crippen LogP contribution >= 0.6 is 0 Å². The number of ether oxygens (including phenoxy) is 1. The SMILES string of the molecule is C#C[C@@]1(C)CC[C@H]2[C@@H]3CCc4cc(OC5CCCC5)ccc4[C@H]3CC[C@@]21C. The van der Waals surface area contributed by atoms with Gasteiger partial charge in [0.2, 0.25) is 0 Å². The molecular formula is C26H34O. The Morgan fingerprint density at radius 3 is 2.63 bits per heavy atom. The van der Waals surface area contributed by atoms with Crippen molar-refractivity contribution in [1.82, 2.24) is 0 Å². The van der Waals surface area contributed by atoms with E-state index in [1.54, 1.807) is 11.1 Å². The van der Waals surface area contributed by atoms with E-state index in [9.17, 15) is 0 Å². The summed E-state index contributed by atoms with van der Waals surface area (Å²) in [6.45, 7) is 4.87. The third kappa shape index (κ3) is 2.59. The van der Waals surface area contributed by atoms with Crippen LogP contribution in [0.15, 0.2) is 18.2 Å². The molecule has 1 aromatic rings. The number of fused-ring (bicyclic) bond motifs is 5. The summed E-state index contributed by atoms with van der Waals surface area (Å²) in [4.78, 5) is 0. The van der Waals surface area contributed by atoms with Gasteiger partial charge >= 0.3 is 0 Å². The minimum atomic E-state index is 0.0991. The molecule has 0 aromatic heterocycles. The number of benzene rings is 1. The van der Waals surface area contributed by atoms with E-state index in [1.165, 1.54) is 64.2 Å². The van der Waals surface area contributed by atoms with Crippen molar-refractivity contribution in [2.45, 2.75) is 90.1 Å². The largest absolute Gasteiger partial charge is 0.490 e. The van der Waals surface area contributed by atoms with Crippen LogP contribution < -0.4 is 4.74 Å². The van der Waals surface area contributed by atoms with E-state index >= 15 is 0 Å². The van der Waals surface area contributed by atoms with E-state index in [1.807, 2.05) is 0 Å². The van der Waals surface area contributed by atoms with Crippen LogP contribution in [-0.2, 0) is 6.42 Å².